The second-order valence-corrected chi connectivity index (χ2v) is 5.03. The minimum Gasteiger partial charge on any atom is -0.475 e. The van der Waals surface area contributed by atoms with Crippen molar-refractivity contribution in [1.29, 1.82) is 0 Å². The van der Waals surface area contributed by atoms with E-state index >= 15 is 0 Å². The van der Waals surface area contributed by atoms with Crippen LogP contribution in [-0.2, 0) is 10.0 Å². The van der Waals surface area contributed by atoms with E-state index in [2.05, 4.69) is 4.42 Å². The summed E-state index contributed by atoms with van der Waals surface area (Å²) in [6.45, 7) is -1.31. The number of sulfonamides is 1. The molecular weight excluding hydrogens is 295 g/mol. The number of hydrogen-bond acceptors (Lipinski definition) is 5. The Morgan fingerprint density at radius 2 is 2.00 bits per heavy atom. The Balaban J connectivity index is 2.79. The number of alkyl halides is 3. The van der Waals surface area contributed by atoms with Crippen LogP contribution in [0, 0.1) is 0 Å². The van der Waals surface area contributed by atoms with Crippen molar-refractivity contribution in [3.05, 3.63) is 17.9 Å². The summed E-state index contributed by atoms with van der Waals surface area (Å²) < 4.78 is 64.6. The molecule has 108 valence electrons. The second kappa shape index (κ2) is 5.19. The normalized spacial score (nSPS) is 14.3. The smallest absolute Gasteiger partial charge is 0.415 e. The molecule has 7 nitrogen and oxygen atoms in total. The highest BCUT2D eigenvalue weighted by molar-refractivity contribution is 7.89. The number of rotatable bonds is 5. The fraction of sp³-hybridized carbons (Fsp3) is 0.375. The SMILES string of the molecule is O=C(O)c1ccc(S(=O)(=O)NCC(O)C(F)(F)F)o1. The molecule has 3 N–H and O–H groups in total. The number of aliphatic hydroxyl groups is 1. The van der Waals surface area contributed by atoms with Crippen LogP contribution in [0.2, 0.25) is 0 Å². The molecular formula is C8H8F3NO6S. The Morgan fingerprint density at radius 1 is 1.42 bits per heavy atom. The van der Waals surface area contributed by atoms with Gasteiger partial charge in [-0.25, -0.2) is 17.9 Å². The van der Waals surface area contributed by atoms with Crippen molar-refractivity contribution >= 4 is 16.0 Å². The van der Waals surface area contributed by atoms with Crippen molar-refractivity contribution in [2.24, 2.45) is 0 Å². The maximum atomic E-state index is 12.0. The summed E-state index contributed by atoms with van der Waals surface area (Å²) in [5.41, 5.74) is 0. The number of aliphatic hydroxyl groups excluding tert-OH is 1. The van der Waals surface area contributed by atoms with E-state index in [9.17, 15) is 26.4 Å². The molecule has 1 heterocycles. The van der Waals surface area contributed by atoms with E-state index in [0.29, 0.717) is 0 Å². The lowest BCUT2D eigenvalue weighted by Gasteiger charge is -2.14. The Bertz CT molecular complexity index is 563. The quantitative estimate of drug-likeness (QED) is 0.714. The summed E-state index contributed by atoms with van der Waals surface area (Å²) in [4.78, 5) is 10.4. The molecule has 0 saturated heterocycles. The van der Waals surface area contributed by atoms with Crippen molar-refractivity contribution in [3.8, 4) is 0 Å². The number of hydrogen-bond donors (Lipinski definition) is 3. The predicted molar refractivity (Wildman–Crippen MR) is 52.9 cm³/mol. The van der Waals surface area contributed by atoms with Gasteiger partial charge in [0.05, 0.1) is 0 Å². The first kappa shape index (κ1) is 15.5. The molecule has 1 atom stereocenters. The van der Waals surface area contributed by atoms with Gasteiger partial charge in [0, 0.05) is 6.54 Å². The van der Waals surface area contributed by atoms with Crippen LogP contribution in [0.4, 0.5) is 13.2 Å². The van der Waals surface area contributed by atoms with E-state index < -0.39 is 45.7 Å². The molecule has 1 rings (SSSR count). The molecule has 0 aliphatic rings. The number of carbonyl (C=O) groups is 1. The van der Waals surface area contributed by atoms with E-state index in [4.69, 9.17) is 10.2 Å². The molecule has 0 radical (unpaired) electrons. The standard InChI is InChI=1S/C8H8F3NO6S/c9-8(10,11)5(13)3-12-19(16,17)6-2-1-4(18-6)7(14)15/h1-2,5,12-13H,3H2,(H,14,15). The lowest BCUT2D eigenvalue weighted by Crippen LogP contribution is -2.40. The molecule has 0 aromatic carbocycles. The minimum atomic E-state index is -4.97. The number of furan rings is 1. The summed E-state index contributed by atoms with van der Waals surface area (Å²) >= 11 is 0. The first-order chi connectivity index (χ1) is 8.54. The van der Waals surface area contributed by atoms with Gasteiger partial charge in [-0.3, -0.25) is 0 Å². The topological polar surface area (TPSA) is 117 Å². The summed E-state index contributed by atoms with van der Waals surface area (Å²) in [7, 11) is -4.47. The molecule has 1 aromatic rings. The first-order valence-corrected chi connectivity index (χ1v) is 6.10. The molecule has 1 unspecified atom stereocenters. The van der Waals surface area contributed by atoms with Crippen molar-refractivity contribution < 1.29 is 41.0 Å². The van der Waals surface area contributed by atoms with Crippen molar-refractivity contribution in [2.75, 3.05) is 6.54 Å². The van der Waals surface area contributed by atoms with Crippen LogP contribution in [-0.4, -0.2) is 43.4 Å². The number of carboxylic acid groups (broad SMARTS) is 1. The minimum absolute atomic E-state index is 0.684. The third-order valence-corrected chi connectivity index (χ3v) is 3.20. The zero-order chi connectivity index (χ0) is 14.8. The number of nitrogens with one attached hydrogen (secondary N) is 1. The average molecular weight is 303 g/mol. The van der Waals surface area contributed by atoms with E-state index in [-0.39, 0.29) is 0 Å². The van der Waals surface area contributed by atoms with Crippen LogP contribution in [0.1, 0.15) is 10.6 Å². The number of carboxylic acids is 1. The molecule has 0 fully saturated rings. The Morgan fingerprint density at radius 3 is 2.42 bits per heavy atom. The third-order valence-electron chi connectivity index (χ3n) is 1.90. The largest absolute Gasteiger partial charge is 0.475 e. The summed E-state index contributed by atoms with van der Waals surface area (Å²) in [5, 5.41) is 16.2. The highest BCUT2D eigenvalue weighted by atomic mass is 32.2. The van der Waals surface area contributed by atoms with Crippen LogP contribution in [0.3, 0.4) is 0 Å². The van der Waals surface area contributed by atoms with Gasteiger partial charge >= 0.3 is 12.1 Å². The van der Waals surface area contributed by atoms with Gasteiger partial charge in [-0.15, -0.1) is 0 Å². The fourth-order valence-electron chi connectivity index (χ4n) is 0.955. The molecule has 0 saturated carbocycles. The van der Waals surface area contributed by atoms with Crippen LogP contribution < -0.4 is 4.72 Å². The zero-order valence-electron chi connectivity index (χ0n) is 9.01. The zero-order valence-corrected chi connectivity index (χ0v) is 9.83. The Hall–Kier alpha value is -1.59. The number of halogens is 3. The van der Waals surface area contributed by atoms with Crippen LogP contribution in [0.15, 0.2) is 21.6 Å². The molecule has 0 amide bonds. The van der Waals surface area contributed by atoms with Crippen LogP contribution in [0.5, 0.6) is 0 Å². The van der Waals surface area contributed by atoms with E-state index in [0.717, 1.165) is 12.1 Å². The summed E-state index contributed by atoms with van der Waals surface area (Å²) in [5.74, 6) is -2.21. The molecule has 19 heavy (non-hydrogen) atoms. The van der Waals surface area contributed by atoms with Gasteiger partial charge in [0.15, 0.2) is 6.10 Å². The molecule has 0 bridgehead atoms. The van der Waals surface area contributed by atoms with Gasteiger partial charge in [0.1, 0.15) is 0 Å². The lowest BCUT2D eigenvalue weighted by atomic mass is 10.4. The van der Waals surface area contributed by atoms with Crippen molar-refractivity contribution in [1.82, 2.24) is 4.72 Å². The van der Waals surface area contributed by atoms with Crippen LogP contribution in [0.25, 0.3) is 0 Å². The molecule has 11 heteroatoms. The molecule has 1 aromatic heterocycles. The van der Waals surface area contributed by atoms with E-state index in [1.54, 1.807) is 0 Å². The lowest BCUT2D eigenvalue weighted by molar-refractivity contribution is -0.200. The average Bonchev–Trinajstić information content (AvgIpc) is 2.74. The maximum absolute atomic E-state index is 12.0. The van der Waals surface area contributed by atoms with E-state index in [1.807, 2.05) is 0 Å². The molecule has 0 aliphatic carbocycles. The molecule has 0 spiro atoms. The van der Waals surface area contributed by atoms with Gasteiger partial charge in [-0.05, 0) is 12.1 Å². The Labute approximate surface area is 104 Å². The van der Waals surface area contributed by atoms with Gasteiger partial charge < -0.3 is 14.6 Å². The van der Waals surface area contributed by atoms with E-state index in [1.165, 1.54) is 4.72 Å². The first-order valence-electron chi connectivity index (χ1n) is 4.61. The van der Waals surface area contributed by atoms with Crippen LogP contribution >= 0.6 is 0 Å². The van der Waals surface area contributed by atoms with Gasteiger partial charge in [-0.1, -0.05) is 0 Å². The van der Waals surface area contributed by atoms with Gasteiger partial charge in [0.25, 0.3) is 10.0 Å². The summed E-state index contributed by atoms with van der Waals surface area (Å²) in [6.07, 6.45) is -7.85. The highest BCUT2D eigenvalue weighted by Crippen LogP contribution is 2.20. The third kappa shape index (κ3) is 3.94. The summed E-state index contributed by atoms with van der Waals surface area (Å²) in [6, 6.07) is 1.60. The van der Waals surface area contributed by atoms with Crippen molar-refractivity contribution in [3.63, 3.8) is 0 Å². The molecule has 0 aliphatic heterocycles. The van der Waals surface area contributed by atoms with Gasteiger partial charge in [-0.2, -0.15) is 13.2 Å². The monoisotopic (exact) mass is 303 g/mol. The number of aromatic carboxylic acids is 1. The Kier molecular flexibility index (Phi) is 4.22. The van der Waals surface area contributed by atoms with Gasteiger partial charge in [0.2, 0.25) is 10.9 Å². The predicted octanol–water partition coefficient (Wildman–Crippen LogP) is 0.179. The highest BCUT2D eigenvalue weighted by Gasteiger charge is 2.39. The maximum Gasteiger partial charge on any atom is 0.415 e. The fourth-order valence-corrected chi connectivity index (χ4v) is 1.92. The second-order valence-electron chi connectivity index (χ2n) is 3.33. The van der Waals surface area contributed by atoms with Crippen molar-refractivity contribution in [2.45, 2.75) is 17.4 Å².